The van der Waals surface area contributed by atoms with E-state index in [1.807, 2.05) is 31.4 Å². The summed E-state index contributed by atoms with van der Waals surface area (Å²) in [5.74, 6) is 0. The number of nitrogens with one attached hydrogen (secondary N) is 1. The Labute approximate surface area is 124 Å². The highest BCUT2D eigenvalue weighted by Gasteiger charge is 2.06. The van der Waals surface area contributed by atoms with E-state index in [0.717, 1.165) is 16.9 Å². The minimum absolute atomic E-state index is 0.962. The summed E-state index contributed by atoms with van der Waals surface area (Å²) < 4.78 is 0. The molecule has 0 fully saturated rings. The molecule has 0 atom stereocenters. The van der Waals surface area contributed by atoms with E-state index in [9.17, 15) is 0 Å². The van der Waals surface area contributed by atoms with Gasteiger partial charge in [-0.1, -0.05) is 6.07 Å². The van der Waals surface area contributed by atoms with E-state index < -0.39 is 0 Å². The van der Waals surface area contributed by atoms with E-state index in [1.54, 1.807) is 12.4 Å². The highest BCUT2D eigenvalue weighted by molar-refractivity contribution is 5.74. The maximum atomic E-state index is 4.46. The van der Waals surface area contributed by atoms with E-state index in [4.69, 9.17) is 0 Å². The molecule has 1 N–H and O–H groups in total. The standard InChI is InChI=1S/C18H17N3/c1-13-3-4-16(19-2)12-17(13)15-7-10-21-18(11-15)14-5-8-20-9-6-14/h3-12,19H,1-2H3. The zero-order valence-electron chi connectivity index (χ0n) is 12.2. The van der Waals surface area contributed by atoms with Crippen LogP contribution in [0, 0.1) is 6.92 Å². The second-order valence-corrected chi connectivity index (χ2v) is 4.95. The molecule has 2 aromatic heterocycles. The Morgan fingerprint density at radius 2 is 1.62 bits per heavy atom. The van der Waals surface area contributed by atoms with Gasteiger partial charge < -0.3 is 5.32 Å². The first-order valence-corrected chi connectivity index (χ1v) is 6.93. The van der Waals surface area contributed by atoms with Gasteiger partial charge in [-0.15, -0.1) is 0 Å². The van der Waals surface area contributed by atoms with E-state index in [0.29, 0.717) is 0 Å². The van der Waals surface area contributed by atoms with Gasteiger partial charge in [-0.25, -0.2) is 0 Å². The Morgan fingerprint density at radius 3 is 2.38 bits per heavy atom. The van der Waals surface area contributed by atoms with Crippen LogP contribution in [0.1, 0.15) is 5.56 Å². The van der Waals surface area contributed by atoms with Gasteiger partial charge in [0.2, 0.25) is 0 Å². The van der Waals surface area contributed by atoms with Gasteiger partial charge in [0.15, 0.2) is 0 Å². The number of hydrogen-bond donors (Lipinski definition) is 1. The molecule has 0 unspecified atom stereocenters. The average Bonchev–Trinajstić information content (AvgIpc) is 2.56. The van der Waals surface area contributed by atoms with Crippen molar-refractivity contribution in [3.05, 3.63) is 66.6 Å². The van der Waals surface area contributed by atoms with Gasteiger partial charge in [0, 0.05) is 36.9 Å². The van der Waals surface area contributed by atoms with Gasteiger partial charge >= 0.3 is 0 Å². The fourth-order valence-corrected chi connectivity index (χ4v) is 2.37. The average molecular weight is 275 g/mol. The first-order valence-electron chi connectivity index (χ1n) is 6.93. The summed E-state index contributed by atoms with van der Waals surface area (Å²) >= 11 is 0. The number of hydrogen-bond acceptors (Lipinski definition) is 3. The first kappa shape index (κ1) is 13.3. The molecular weight excluding hydrogens is 258 g/mol. The minimum Gasteiger partial charge on any atom is -0.388 e. The third kappa shape index (κ3) is 2.77. The van der Waals surface area contributed by atoms with Crippen LogP contribution in [0.3, 0.4) is 0 Å². The lowest BCUT2D eigenvalue weighted by Crippen LogP contribution is -1.91. The summed E-state index contributed by atoms with van der Waals surface area (Å²) in [6.45, 7) is 2.13. The Kier molecular flexibility index (Phi) is 3.65. The fourth-order valence-electron chi connectivity index (χ4n) is 2.37. The van der Waals surface area contributed by atoms with E-state index in [-0.39, 0.29) is 0 Å². The molecule has 0 saturated carbocycles. The molecular formula is C18H17N3. The lowest BCUT2D eigenvalue weighted by molar-refractivity contribution is 1.28. The Balaban J connectivity index is 2.08. The van der Waals surface area contributed by atoms with Gasteiger partial charge in [0.25, 0.3) is 0 Å². The van der Waals surface area contributed by atoms with E-state index >= 15 is 0 Å². The Morgan fingerprint density at radius 1 is 0.857 bits per heavy atom. The van der Waals surface area contributed by atoms with Crippen molar-refractivity contribution in [2.24, 2.45) is 0 Å². The summed E-state index contributed by atoms with van der Waals surface area (Å²) in [6.07, 6.45) is 5.43. The second kappa shape index (κ2) is 5.75. The maximum absolute atomic E-state index is 4.46. The molecule has 0 saturated heterocycles. The molecule has 0 spiro atoms. The van der Waals surface area contributed by atoms with Crippen molar-refractivity contribution in [2.45, 2.75) is 6.92 Å². The van der Waals surface area contributed by atoms with Crippen molar-refractivity contribution in [3.8, 4) is 22.4 Å². The summed E-state index contributed by atoms with van der Waals surface area (Å²) in [4.78, 5) is 8.52. The first-order chi connectivity index (χ1) is 10.3. The normalized spacial score (nSPS) is 10.4. The summed E-state index contributed by atoms with van der Waals surface area (Å²) in [5.41, 5.74) is 6.79. The lowest BCUT2D eigenvalue weighted by atomic mass is 9.99. The summed E-state index contributed by atoms with van der Waals surface area (Å²) in [7, 11) is 1.93. The molecule has 0 aliphatic heterocycles. The predicted molar refractivity (Wildman–Crippen MR) is 87.2 cm³/mol. The van der Waals surface area contributed by atoms with Crippen molar-refractivity contribution in [3.63, 3.8) is 0 Å². The monoisotopic (exact) mass is 275 g/mol. The number of benzene rings is 1. The van der Waals surface area contributed by atoms with Crippen molar-refractivity contribution in [1.29, 1.82) is 0 Å². The van der Waals surface area contributed by atoms with Crippen LogP contribution in [-0.4, -0.2) is 17.0 Å². The van der Waals surface area contributed by atoms with Crippen molar-refractivity contribution in [1.82, 2.24) is 9.97 Å². The lowest BCUT2D eigenvalue weighted by Gasteiger charge is -2.10. The van der Waals surface area contributed by atoms with Gasteiger partial charge in [0.05, 0.1) is 5.69 Å². The summed E-state index contributed by atoms with van der Waals surface area (Å²) in [6, 6.07) is 14.5. The molecule has 2 heterocycles. The van der Waals surface area contributed by atoms with Crippen molar-refractivity contribution in [2.75, 3.05) is 12.4 Å². The van der Waals surface area contributed by atoms with Crippen LogP contribution in [0.15, 0.2) is 61.1 Å². The molecule has 3 aromatic rings. The van der Waals surface area contributed by atoms with Crippen LogP contribution in [0.2, 0.25) is 0 Å². The summed E-state index contributed by atoms with van der Waals surface area (Å²) in [5, 5.41) is 3.19. The SMILES string of the molecule is CNc1ccc(C)c(-c2ccnc(-c3ccncc3)c2)c1. The highest BCUT2D eigenvalue weighted by Crippen LogP contribution is 2.28. The van der Waals surface area contributed by atoms with Gasteiger partial charge in [-0.05, 0) is 60.0 Å². The predicted octanol–water partition coefficient (Wildman–Crippen LogP) is 4.16. The second-order valence-electron chi connectivity index (χ2n) is 4.95. The van der Waals surface area contributed by atoms with Crippen LogP contribution in [0.25, 0.3) is 22.4 Å². The molecule has 21 heavy (non-hydrogen) atoms. The molecule has 0 amide bonds. The van der Waals surface area contributed by atoms with Gasteiger partial charge in [-0.3, -0.25) is 9.97 Å². The minimum atomic E-state index is 0.962. The molecule has 0 aliphatic carbocycles. The number of aromatic nitrogens is 2. The fraction of sp³-hybridized carbons (Fsp3) is 0.111. The molecule has 0 radical (unpaired) electrons. The van der Waals surface area contributed by atoms with Crippen LogP contribution in [0.5, 0.6) is 0 Å². The molecule has 0 aliphatic rings. The Hall–Kier alpha value is -2.68. The number of pyridine rings is 2. The van der Waals surface area contributed by atoms with Crippen molar-refractivity contribution < 1.29 is 0 Å². The molecule has 3 nitrogen and oxygen atoms in total. The number of aryl methyl sites for hydroxylation is 1. The number of nitrogens with zero attached hydrogens (tertiary/aromatic N) is 2. The third-order valence-corrected chi connectivity index (χ3v) is 3.57. The van der Waals surface area contributed by atoms with Crippen molar-refractivity contribution >= 4 is 5.69 Å². The van der Waals surface area contributed by atoms with Gasteiger partial charge in [0.1, 0.15) is 0 Å². The molecule has 104 valence electrons. The quantitative estimate of drug-likeness (QED) is 0.780. The smallest absolute Gasteiger partial charge is 0.0709 e. The third-order valence-electron chi connectivity index (χ3n) is 3.57. The highest BCUT2D eigenvalue weighted by atomic mass is 14.8. The van der Waals surface area contributed by atoms with E-state index in [1.165, 1.54) is 16.7 Å². The molecule has 3 heteroatoms. The zero-order valence-corrected chi connectivity index (χ0v) is 12.2. The van der Waals surface area contributed by atoms with Crippen LogP contribution < -0.4 is 5.32 Å². The van der Waals surface area contributed by atoms with Crippen LogP contribution in [-0.2, 0) is 0 Å². The molecule has 3 rings (SSSR count). The maximum Gasteiger partial charge on any atom is 0.0709 e. The van der Waals surface area contributed by atoms with E-state index in [2.05, 4.69) is 46.5 Å². The largest absolute Gasteiger partial charge is 0.388 e. The zero-order chi connectivity index (χ0) is 14.7. The topological polar surface area (TPSA) is 37.8 Å². The number of rotatable bonds is 3. The molecule has 0 bridgehead atoms. The Bertz CT molecular complexity index is 751. The van der Waals surface area contributed by atoms with Gasteiger partial charge in [-0.2, -0.15) is 0 Å². The molecule has 1 aromatic carbocycles. The van der Waals surface area contributed by atoms with Crippen LogP contribution in [0.4, 0.5) is 5.69 Å². The van der Waals surface area contributed by atoms with Crippen LogP contribution >= 0.6 is 0 Å². The number of anilines is 1.